The van der Waals surface area contributed by atoms with Gasteiger partial charge in [0.15, 0.2) is 11.6 Å². The average Bonchev–Trinajstić information content (AvgIpc) is 2.37. The van der Waals surface area contributed by atoms with E-state index in [0.717, 1.165) is 5.56 Å². The van der Waals surface area contributed by atoms with Gasteiger partial charge in [0, 0.05) is 16.9 Å². The van der Waals surface area contributed by atoms with E-state index in [9.17, 15) is 9.18 Å². The molecule has 0 atom stereocenters. The van der Waals surface area contributed by atoms with Gasteiger partial charge >= 0.3 is 0 Å². The van der Waals surface area contributed by atoms with Crippen LogP contribution in [0.25, 0.3) is 0 Å². The fraction of sp³-hybridized carbons (Fsp3) is 0.0769. The first-order valence-electron chi connectivity index (χ1n) is 5.46. The number of carbonyl (C=O) groups excluding carboxylic acids is 1. The Bertz CT molecular complexity index is 646. The summed E-state index contributed by atoms with van der Waals surface area (Å²) in [4.78, 5) is 15.5. The molecule has 0 fully saturated rings. The Balaban J connectivity index is 2.31. The molecule has 0 bridgehead atoms. The Labute approximate surface area is 114 Å². The van der Waals surface area contributed by atoms with Crippen LogP contribution in [0, 0.1) is 12.7 Å². The molecular formula is C13H11ClFN3O. The predicted molar refractivity (Wildman–Crippen MR) is 72.7 cm³/mol. The highest BCUT2D eigenvalue weighted by Gasteiger charge is 2.15. The second kappa shape index (κ2) is 5.24. The number of nitrogens with zero attached hydrogens (tertiary/aromatic N) is 1. The lowest BCUT2D eigenvalue weighted by Gasteiger charge is -2.09. The topological polar surface area (TPSA) is 68.0 Å². The van der Waals surface area contributed by atoms with Gasteiger partial charge in [-0.2, -0.15) is 0 Å². The Morgan fingerprint density at radius 2 is 2.16 bits per heavy atom. The third-order valence-corrected chi connectivity index (χ3v) is 2.84. The van der Waals surface area contributed by atoms with Gasteiger partial charge in [0.05, 0.1) is 5.56 Å². The molecule has 1 aromatic carbocycles. The summed E-state index contributed by atoms with van der Waals surface area (Å²) in [5.74, 6) is -1.74. The zero-order chi connectivity index (χ0) is 14.0. The number of nitrogen functional groups attached to an aromatic ring is 1. The summed E-state index contributed by atoms with van der Waals surface area (Å²) in [5.41, 5.74) is 6.50. The van der Waals surface area contributed by atoms with Gasteiger partial charge in [-0.05, 0) is 30.7 Å². The monoisotopic (exact) mass is 279 g/mol. The standard InChI is InChI=1S/C13H11ClFN3O/c1-7-2-3-8(14)6-10(7)18-13(19)9-4-5-17-12(16)11(9)15/h2-6H,1H3,(H2,16,17)(H,18,19). The Kier molecular flexibility index (Phi) is 3.66. The highest BCUT2D eigenvalue weighted by molar-refractivity contribution is 6.31. The largest absolute Gasteiger partial charge is 0.381 e. The quantitative estimate of drug-likeness (QED) is 0.888. The lowest BCUT2D eigenvalue weighted by molar-refractivity contribution is 0.102. The van der Waals surface area contributed by atoms with Crippen LogP contribution < -0.4 is 11.1 Å². The van der Waals surface area contributed by atoms with Gasteiger partial charge in [-0.25, -0.2) is 9.37 Å². The van der Waals surface area contributed by atoms with Crippen LogP contribution in [-0.2, 0) is 0 Å². The first-order chi connectivity index (χ1) is 8.99. The van der Waals surface area contributed by atoms with Crippen LogP contribution in [0.3, 0.4) is 0 Å². The molecule has 0 spiro atoms. The first-order valence-corrected chi connectivity index (χ1v) is 5.84. The summed E-state index contributed by atoms with van der Waals surface area (Å²) >= 11 is 5.85. The van der Waals surface area contributed by atoms with Gasteiger partial charge in [0.25, 0.3) is 5.91 Å². The number of hydrogen-bond acceptors (Lipinski definition) is 3. The van der Waals surface area contributed by atoms with Crippen LogP contribution in [-0.4, -0.2) is 10.9 Å². The molecule has 4 nitrogen and oxygen atoms in total. The molecule has 6 heteroatoms. The van der Waals surface area contributed by atoms with Crippen LogP contribution in [0.1, 0.15) is 15.9 Å². The Morgan fingerprint density at radius 3 is 2.89 bits per heavy atom. The zero-order valence-electron chi connectivity index (χ0n) is 10.1. The van der Waals surface area contributed by atoms with Crippen molar-refractivity contribution in [3.63, 3.8) is 0 Å². The fourth-order valence-electron chi connectivity index (χ4n) is 1.55. The predicted octanol–water partition coefficient (Wildman–Crippen LogP) is 3.02. The van der Waals surface area contributed by atoms with Crippen molar-refractivity contribution >= 4 is 29.0 Å². The van der Waals surface area contributed by atoms with E-state index in [1.807, 2.05) is 6.92 Å². The molecule has 0 aliphatic rings. The number of aromatic nitrogens is 1. The molecule has 1 amide bonds. The highest BCUT2D eigenvalue weighted by atomic mass is 35.5. The Hall–Kier alpha value is -2.14. The Morgan fingerprint density at radius 1 is 1.42 bits per heavy atom. The summed E-state index contributed by atoms with van der Waals surface area (Å²) < 4.78 is 13.7. The van der Waals surface area contributed by atoms with Crippen LogP contribution in [0.15, 0.2) is 30.5 Å². The lowest BCUT2D eigenvalue weighted by atomic mass is 10.1. The van der Waals surface area contributed by atoms with E-state index >= 15 is 0 Å². The number of aryl methyl sites for hydroxylation is 1. The third kappa shape index (κ3) is 2.82. The number of nitrogens with two attached hydrogens (primary N) is 1. The van der Waals surface area contributed by atoms with E-state index in [0.29, 0.717) is 10.7 Å². The van der Waals surface area contributed by atoms with Crippen LogP contribution in [0.4, 0.5) is 15.9 Å². The van der Waals surface area contributed by atoms with Crippen molar-refractivity contribution in [1.29, 1.82) is 0 Å². The molecule has 1 heterocycles. The average molecular weight is 280 g/mol. The van der Waals surface area contributed by atoms with E-state index in [1.165, 1.54) is 12.3 Å². The number of anilines is 2. The SMILES string of the molecule is Cc1ccc(Cl)cc1NC(=O)c1ccnc(N)c1F. The number of carbonyl (C=O) groups is 1. The second-order valence-corrected chi connectivity index (χ2v) is 4.41. The van der Waals surface area contributed by atoms with Crippen molar-refractivity contribution in [2.75, 3.05) is 11.1 Å². The van der Waals surface area contributed by atoms with Gasteiger partial charge in [0.1, 0.15) is 0 Å². The van der Waals surface area contributed by atoms with Crippen LogP contribution in [0.5, 0.6) is 0 Å². The summed E-state index contributed by atoms with van der Waals surface area (Å²) in [6.07, 6.45) is 1.28. The van der Waals surface area contributed by atoms with E-state index in [-0.39, 0.29) is 11.4 Å². The van der Waals surface area contributed by atoms with Gasteiger partial charge < -0.3 is 11.1 Å². The second-order valence-electron chi connectivity index (χ2n) is 3.97. The smallest absolute Gasteiger partial charge is 0.258 e. The molecule has 98 valence electrons. The number of rotatable bonds is 2. The number of halogens is 2. The highest BCUT2D eigenvalue weighted by Crippen LogP contribution is 2.21. The van der Waals surface area contributed by atoms with E-state index < -0.39 is 11.7 Å². The summed E-state index contributed by atoms with van der Waals surface area (Å²) in [6.45, 7) is 1.81. The minimum atomic E-state index is -0.834. The molecule has 2 aromatic rings. The zero-order valence-corrected chi connectivity index (χ0v) is 10.8. The number of nitrogens with one attached hydrogen (secondary N) is 1. The van der Waals surface area contributed by atoms with Crippen molar-refractivity contribution in [3.8, 4) is 0 Å². The molecule has 0 aliphatic heterocycles. The maximum absolute atomic E-state index is 13.7. The number of amides is 1. The summed E-state index contributed by atoms with van der Waals surface area (Å²) in [6, 6.07) is 6.32. The normalized spacial score (nSPS) is 10.3. The molecule has 0 saturated heterocycles. The number of pyridine rings is 1. The molecule has 3 N–H and O–H groups in total. The molecule has 0 aliphatic carbocycles. The first kappa shape index (κ1) is 13.3. The fourth-order valence-corrected chi connectivity index (χ4v) is 1.73. The van der Waals surface area contributed by atoms with Crippen molar-refractivity contribution in [3.05, 3.63) is 52.4 Å². The van der Waals surface area contributed by atoms with Crippen LogP contribution in [0.2, 0.25) is 5.02 Å². The summed E-state index contributed by atoms with van der Waals surface area (Å²) in [7, 11) is 0. The number of benzene rings is 1. The minimum absolute atomic E-state index is 0.160. The van der Waals surface area contributed by atoms with Crippen molar-refractivity contribution in [2.45, 2.75) is 6.92 Å². The molecule has 2 rings (SSSR count). The maximum atomic E-state index is 13.7. The van der Waals surface area contributed by atoms with Crippen molar-refractivity contribution in [1.82, 2.24) is 4.98 Å². The molecule has 19 heavy (non-hydrogen) atoms. The molecule has 0 unspecified atom stereocenters. The van der Waals surface area contributed by atoms with Gasteiger partial charge in [-0.15, -0.1) is 0 Å². The third-order valence-electron chi connectivity index (χ3n) is 2.61. The minimum Gasteiger partial charge on any atom is -0.381 e. The number of hydrogen-bond donors (Lipinski definition) is 2. The van der Waals surface area contributed by atoms with Gasteiger partial charge in [0.2, 0.25) is 0 Å². The maximum Gasteiger partial charge on any atom is 0.258 e. The lowest BCUT2D eigenvalue weighted by Crippen LogP contribution is -2.15. The van der Waals surface area contributed by atoms with E-state index in [4.69, 9.17) is 17.3 Å². The van der Waals surface area contributed by atoms with Crippen molar-refractivity contribution in [2.24, 2.45) is 0 Å². The molecular weight excluding hydrogens is 269 g/mol. The van der Waals surface area contributed by atoms with Gasteiger partial charge in [-0.3, -0.25) is 4.79 Å². The molecule has 1 aromatic heterocycles. The summed E-state index contributed by atoms with van der Waals surface area (Å²) in [5, 5.41) is 3.07. The molecule has 0 radical (unpaired) electrons. The van der Waals surface area contributed by atoms with Crippen LogP contribution >= 0.6 is 11.6 Å². The molecule has 0 saturated carbocycles. The van der Waals surface area contributed by atoms with Crippen molar-refractivity contribution < 1.29 is 9.18 Å². The van der Waals surface area contributed by atoms with Gasteiger partial charge in [-0.1, -0.05) is 17.7 Å². The van der Waals surface area contributed by atoms with E-state index in [1.54, 1.807) is 18.2 Å². The van der Waals surface area contributed by atoms with E-state index in [2.05, 4.69) is 10.3 Å².